The van der Waals surface area contributed by atoms with Gasteiger partial charge in [-0.3, -0.25) is 0 Å². The molecule has 108 valence electrons. The van der Waals surface area contributed by atoms with Crippen LogP contribution in [0.15, 0.2) is 66.7 Å². The molecule has 0 radical (unpaired) electrons. The minimum Gasteiger partial charge on any atom is -0.377 e. The van der Waals surface area contributed by atoms with E-state index in [1.54, 1.807) is 0 Å². The lowest BCUT2D eigenvalue weighted by molar-refractivity contribution is 1.12. The zero-order valence-electron chi connectivity index (χ0n) is 13.0. The van der Waals surface area contributed by atoms with Crippen LogP contribution in [0.25, 0.3) is 22.3 Å². The third-order valence-electron chi connectivity index (χ3n) is 4.51. The summed E-state index contributed by atoms with van der Waals surface area (Å²) in [7, 11) is 4.24. The van der Waals surface area contributed by atoms with Crippen molar-refractivity contribution < 1.29 is 0 Å². The molecule has 0 saturated heterocycles. The maximum atomic E-state index is 2.28. The predicted molar refractivity (Wildman–Crippen MR) is 94.4 cm³/mol. The number of nitrogens with zero attached hydrogens (tertiary/aromatic N) is 1. The van der Waals surface area contributed by atoms with Crippen molar-refractivity contribution in [2.24, 2.45) is 0 Å². The van der Waals surface area contributed by atoms with Crippen LogP contribution < -0.4 is 4.90 Å². The third-order valence-corrected chi connectivity index (χ3v) is 4.51. The van der Waals surface area contributed by atoms with Crippen molar-refractivity contribution in [1.82, 2.24) is 0 Å². The first-order chi connectivity index (χ1) is 10.8. The Labute approximate surface area is 131 Å². The van der Waals surface area contributed by atoms with Gasteiger partial charge in [-0.2, -0.15) is 0 Å². The van der Waals surface area contributed by atoms with Crippen LogP contribution >= 0.6 is 0 Å². The van der Waals surface area contributed by atoms with Crippen LogP contribution in [0, 0.1) is 0 Å². The van der Waals surface area contributed by atoms with Gasteiger partial charge in [0, 0.05) is 25.3 Å². The fraction of sp³-hybridized carbons (Fsp3) is 0.143. The van der Waals surface area contributed by atoms with Crippen molar-refractivity contribution in [1.29, 1.82) is 0 Å². The molecule has 0 aliphatic heterocycles. The number of anilines is 1. The summed E-state index contributed by atoms with van der Waals surface area (Å²) in [6.07, 6.45) is 1.03. The Bertz CT molecular complexity index is 832. The van der Waals surface area contributed by atoms with Crippen LogP contribution in [-0.4, -0.2) is 14.1 Å². The molecule has 0 spiro atoms. The average Bonchev–Trinajstić information content (AvgIpc) is 2.93. The van der Waals surface area contributed by atoms with Crippen LogP contribution in [-0.2, 0) is 6.42 Å². The smallest absolute Gasteiger partial charge is 0.0444 e. The highest BCUT2D eigenvalue weighted by Crippen LogP contribution is 2.45. The quantitative estimate of drug-likeness (QED) is 0.501. The summed E-state index contributed by atoms with van der Waals surface area (Å²) in [6, 6.07) is 24.0. The molecule has 0 fully saturated rings. The Hall–Kier alpha value is -2.54. The second kappa shape index (κ2) is 5.03. The second-order valence-electron chi connectivity index (χ2n) is 6.08. The Morgan fingerprint density at radius 3 is 2.23 bits per heavy atom. The van der Waals surface area contributed by atoms with Gasteiger partial charge in [0.15, 0.2) is 0 Å². The van der Waals surface area contributed by atoms with Crippen molar-refractivity contribution in [3.05, 3.63) is 77.9 Å². The predicted octanol–water partition coefficient (Wildman–Crippen LogP) is 4.99. The minimum atomic E-state index is 1.03. The Balaban J connectivity index is 2.01. The molecule has 3 aromatic rings. The largest absolute Gasteiger partial charge is 0.377 e. The normalized spacial score (nSPS) is 11.9. The van der Waals surface area contributed by atoms with E-state index < -0.39 is 0 Å². The SMILES string of the molecule is CN(C)c1ccc2c(c1-c1ccccc1)Cc1ccccc1-2. The van der Waals surface area contributed by atoms with Gasteiger partial charge < -0.3 is 4.90 Å². The number of rotatable bonds is 2. The number of hydrogen-bond acceptors (Lipinski definition) is 1. The van der Waals surface area contributed by atoms with Gasteiger partial charge in [0.25, 0.3) is 0 Å². The molecule has 0 heterocycles. The molecule has 22 heavy (non-hydrogen) atoms. The number of fused-ring (bicyclic) bond motifs is 3. The summed E-state index contributed by atoms with van der Waals surface area (Å²) in [5.41, 5.74) is 9.64. The molecule has 0 amide bonds. The molecule has 4 rings (SSSR count). The van der Waals surface area contributed by atoms with Gasteiger partial charge in [0.1, 0.15) is 0 Å². The van der Waals surface area contributed by atoms with Crippen LogP contribution in [0.2, 0.25) is 0 Å². The first-order valence-electron chi connectivity index (χ1n) is 7.72. The maximum Gasteiger partial charge on any atom is 0.0444 e. The van der Waals surface area contributed by atoms with Crippen molar-refractivity contribution in [2.75, 3.05) is 19.0 Å². The molecule has 0 unspecified atom stereocenters. The van der Waals surface area contributed by atoms with Crippen molar-refractivity contribution in [3.63, 3.8) is 0 Å². The maximum absolute atomic E-state index is 2.28. The van der Waals surface area contributed by atoms with E-state index in [-0.39, 0.29) is 0 Å². The van der Waals surface area contributed by atoms with Crippen LogP contribution in [0.3, 0.4) is 0 Å². The zero-order chi connectivity index (χ0) is 15.1. The van der Waals surface area contributed by atoms with E-state index in [0.29, 0.717) is 0 Å². The van der Waals surface area contributed by atoms with E-state index in [1.807, 2.05) is 0 Å². The standard InChI is InChI=1S/C21H19N/c1-22(2)20-13-12-18-17-11-7-6-10-16(17)14-19(18)21(20)15-8-4-3-5-9-15/h3-13H,14H2,1-2H3. The molecule has 1 aliphatic carbocycles. The second-order valence-corrected chi connectivity index (χ2v) is 6.08. The van der Waals surface area contributed by atoms with E-state index in [4.69, 9.17) is 0 Å². The molecule has 0 aromatic heterocycles. The van der Waals surface area contributed by atoms with Gasteiger partial charge in [-0.15, -0.1) is 0 Å². The molecule has 0 N–H and O–H groups in total. The fourth-order valence-electron chi connectivity index (χ4n) is 3.50. The van der Waals surface area contributed by atoms with E-state index in [9.17, 15) is 0 Å². The summed E-state index contributed by atoms with van der Waals surface area (Å²) in [6.45, 7) is 0. The monoisotopic (exact) mass is 285 g/mol. The molecule has 1 aliphatic rings. The molecule has 0 saturated carbocycles. The summed E-state index contributed by atoms with van der Waals surface area (Å²) < 4.78 is 0. The molecule has 1 nitrogen and oxygen atoms in total. The van der Waals surface area contributed by atoms with Crippen molar-refractivity contribution >= 4 is 5.69 Å². The molecule has 0 bridgehead atoms. The summed E-state index contributed by atoms with van der Waals surface area (Å²) in [4.78, 5) is 2.21. The van der Waals surface area contributed by atoms with Crippen molar-refractivity contribution in [3.8, 4) is 22.3 Å². The molecule has 0 atom stereocenters. The zero-order valence-corrected chi connectivity index (χ0v) is 13.0. The Morgan fingerprint density at radius 2 is 1.45 bits per heavy atom. The van der Waals surface area contributed by atoms with Crippen molar-refractivity contribution in [2.45, 2.75) is 6.42 Å². The molecular weight excluding hydrogens is 266 g/mol. The summed E-state index contributed by atoms with van der Waals surface area (Å²) in [5, 5.41) is 0. The van der Waals surface area contributed by atoms with Gasteiger partial charge >= 0.3 is 0 Å². The first-order valence-corrected chi connectivity index (χ1v) is 7.72. The molecule has 1 heteroatoms. The topological polar surface area (TPSA) is 3.24 Å². The lowest BCUT2D eigenvalue weighted by Gasteiger charge is -2.21. The molecular formula is C21H19N. The minimum absolute atomic E-state index is 1.03. The highest BCUT2D eigenvalue weighted by molar-refractivity contribution is 5.91. The van der Waals surface area contributed by atoms with E-state index in [1.165, 1.54) is 39.1 Å². The summed E-state index contributed by atoms with van der Waals surface area (Å²) >= 11 is 0. The van der Waals surface area contributed by atoms with Crippen LogP contribution in [0.5, 0.6) is 0 Å². The fourth-order valence-corrected chi connectivity index (χ4v) is 3.50. The highest BCUT2D eigenvalue weighted by Gasteiger charge is 2.23. The molecule has 3 aromatic carbocycles. The number of hydrogen-bond donors (Lipinski definition) is 0. The average molecular weight is 285 g/mol. The van der Waals surface area contributed by atoms with Gasteiger partial charge in [-0.25, -0.2) is 0 Å². The summed E-state index contributed by atoms with van der Waals surface area (Å²) in [5.74, 6) is 0. The van der Waals surface area contributed by atoms with E-state index in [2.05, 4.69) is 85.7 Å². The number of benzene rings is 3. The Morgan fingerprint density at radius 1 is 0.727 bits per heavy atom. The van der Waals surface area contributed by atoms with E-state index >= 15 is 0 Å². The van der Waals surface area contributed by atoms with Gasteiger partial charge in [0.05, 0.1) is 0 Å². The van der Waals surface area contributed by atoms with Crippen LogP contribution in [0.1, 0.15) is 11.1 Å². The third kappa shape index (κ3) is 1.93. The van der Waals surface area contributed by atoms with Gasteiger partial charge in [-0.1, -0.05) is 60.7 Å². The first kappa shape index (κ1) is 13.1. The van der Waals surface area contributed by atoms with Crippen LogP contribution in [0.4, 0.5) is 5.69 Å². The lowest BCUT2D eigenvalue weighted by atomic mass is 9.93. The lowest BCUT2D eigenvalue weighted by Crippen LogP contribution is -2.11. The Kier molecular flexibility index (Phi) is 3.00. The van der Waals surface area contributed by atoms with E-state index in [0.717, 1.165) is 6.42 Å². The van der Waals surface area contributed by atoms with Gasteiger partial charge in [-0.05, 0) is 40.3 Å². The highest BCUT2D eigenvalue weighted by atomic mass is 15.1. The van der Waals surface area contributed by atoms with Gasteiger partial charge in [0.2, 0.25) is 0 Å².